The molecule has 0 heterocycles. The topological polar surface area (TPSA) is 29.4 Å². The normalized spacial score (nSPS) is 12.2. The van der Waals surface area contributed by atoms with Gasteiger partial charge in [-0.25, -0.2) is 4.79 Å². The number of hydrogen-bond acceptors (Lipinski definition) is 2. The fourth-order valence-corrected chi connectivity index (χ4v) is 1.45. The molecule has 0 aliphatic rings. The maximum Gasteiger partial charge on any atom is 0.235 e. The van der Waals surface area contributed by atoms with Gasteiger partial charge in [-0.3, -0.25) is 0 Å². The molecule has 1 unspecified atom stereocenters. The van der Waals surface area contributed by atoms with E-state index in [2.05, 4.69) is 18.8 Å². The lowest BCUT2D eigenvalue weighted by Crippen LogP contribution is -2.00. The Bertz CT molecular complexity index is 312. The van der Waals surface area contributed by atoms with Crippen LogP contribution >= 0.6 is 0 Å². The predicted molar refractivity (Wildman–Crippen MR) is 56.8 cm³/mol. The molecule has 0 radical (unpaired) electrons. The number of isocyanates is 1. The Hall–Kier alpha value is -1.40. The molecular formula is C12H15NO. The Balaban J connectivity index is 2.83. The average molecular weight is 189 g/mol. The second-order valence-corrected chi connectivity index (χ2v) is 3.78. The number of hydrogen-bond donors (Lipinski definition) is 0. The number of nitrogens with zero attached hydrogens (tertiary/aromatic N) is 1. The van der Waals surface area contributed by atoms with Crippen molar-refractivity contribution in [3.05, 3.63) is 35.9 Å². The summed E-state index contributed by atoms with van der Waals surface area (Å²) in [5, 5.41) is 0. The lowest BCUT2D eigenvalue weighted by molar-refractivity contribution is 0.502. The molecule has 1 aromatic carbocycles. The van der Waals surface area contributed by atoms with Gasteiger partial charge >= 0.3 is 0 Å². The fourth-order valence-electron chi connectivity index (χ4n) is 1.45. The quantitative estimate of drug-likeness (QED) is 0.528. The van der Waals surface area contributed by atoms with Gasteiger partial charge in [-0.15, -0.1) is 0 Å². The SMILES string of the molecule is CC(C)CC(N=C=O)c1ccccc1. The van der Waals surface area contributed by atoms with Crippen molar-refractivity contribution in [1.29, 1.82) is 0 Å². The van der Waals surface area contributed by atoms with Gasteiger partial charge in [0.25, 0.3) is 0 Å². The zero-order valence-electron chi connectivity index (χ0n) is 8.60. The Morgan fingerprint density at radius 1 is 1.29 bits per heavy atom. The molecule has 0 N–H and O–H groups in total. The summed E-state index contributed by atoms with van der Waals surface area (Å²) in [7, 11) is 0. The summed E-state index contributed by atoms with van der Waals surface area (Å²) in [6.45, 7) is 4.24. The zero-order valence-corrected chi connectivity index (χ0v) is 8.60. The molecule has 2 nitrogen and oxygen atoms in total. The molecule has 74 valence electrons. The van der Waals surface area contributed by atoms with E-state index in [1.54, 1.807) is 6.08 Å². The van der Waals surface area contributed by atoms with Gasteiger partial charge in [-0.05, 0) is 17.9 Å². The molecule has 0 aliphatic heterocycles. The van der Waals surface area contributed by atoms with Crippen LogP contribution in [0.5, 0.6) is 0 Å². The van der Waals surface area contributed by atoms with Crippen molar-refractivity contribution in [2.45, 2.75) is 26.3 Å². The van der Waals surface area contributed by atoms with Crippen LogP contribution in [0.3, 0.4) is 0 Å². The molecule has 0 aromatic heterocycles. The summed E-state index contributed by atoms with van der Waals surface area (Å²) in [4.78, 5) is 14.1. The van der Waals surface area contributed by atoms with Gasteiger partial charge in [0, 0.05) is 0 Å². The van der Waals surface area contributed by atoms with Crippen molar-refractivity contribution in [3.63, 3.8) is 0 Å². The monoisotopic (exact) mass is 189 g/mol. The van der Waals surface area contributed by atoms with E-state index in [0.717, 1.165) is 12.0 Å². The first-order valence-electron chi connectivity index (χ1n) is 4.86. The van der Waals surface area contributed by atoms with E-state index in [1.807, 2.05) is 30.3 Å². The van der Waals surface area contributed by atoms with Crippen molar-refractivity contribution in [3.8, 4) is 0 Å². The van der Waals surface area contributed by atoms with E-state index in [9.17, 15) is 4.79 Å². The van der Waals surface area contributed by atoms with E-state index in [-0.39, 0.29) is 6.04 Å². The molecule has 0 fully saturated rings. The van der Waals surface area contributed by atoms with Crippen LogP contribution in [0.15, 0.2) is 35.3 Å². The molecule has 0 saturated heterocycles. The number of benzene rings is 1. The van der Waals surface area contributed by atoms with Crippen molar-refractivity contribution in [2.24, 2.45) is 10.9 Å². The summed E-state index contributed by atoms with van der Waals surface area (Å²) in [6.07, 6.45) is 2.53. The van der Waals surface area contributed by atoms with E-state index < -0.39 is 0 Å². The number of carbonyl (C=O) groups excluding carboxylic acids is 1. The molecular weight excluding hydrogens is 174 g/mol. The average Bonchev–Trinajstić information content (AvgIpc) is 2.18. The van der Waals surface area contributed by atoms with Gasteiger partial charge in [-0.1, -0.05) is 44.2 Å². The molecule has 1 aromatic rings. The minimum Gasteiger partial charge on any atom is -0.211 e. The fraction of sp³-hybridized carbons (Fsp3) is 0.417. The van der Waals surface area contributed by atoms with E-state index in [1.165, 1.54) is 0 Å². The molecule has 2 heteroatoms. The lowest BCUT2D eigenvalue weighted by atomic mass is 9.98. The van der Waals surface area contributed by atoms with Gasteiger partial charge in [0.2, 0.25) is 6.08 Å². The standard InChI is InChI=1S/C12H15NO/c1-10(2)8-12(13-9-14)11-6-4-3-5-7-11/h3-7,10,12H,8H2,1-2H3. The van der Waals surface area contributed by atoms with Gasteiger partial charge in [0.05, 0.1) is 6.04 Å². The highest BCUT2D eigenvalue weighted by Crippen LogP contribution is 2.24. The Labute approximate surface area is 84.7 Å². The smallest absolute Gasteiger partial charge is 0.211 e. The van der Waals surface area contributed by atoms with Gasteiger partial charge in [0.1, 0.15) is 0 Å². The minimum absolute atomic E-state index is 0.0336. The minimum atomic E-state index is -0.0336. The maximum absolute atomic E-state index is 10.3. The van der Waals surface area contributed by atoms with E-state index >= 15 is 0 Å². The molecule has 0 saturated carbocycles. The van der Waals surface area contributed by atoms with Gasteiger partial charge in [-0.2, -0.15) is 4.99 Å². The highest BCUT2D eigenvalue weighted by molar-refractivity contribution is 5.35. The molecule has 1 atom stereocenters. The second-order valence-electron chi connectivity index (χ2n) is 3.78. The van der Waals surface area contributed by atoms with Crippen LogP contribution in [0.1, 0.15) is 31.9 Å². The summed E-state index contributed by atoms with van der Waals surface area (Å²) in [5.74, 6) is 0.525. The van der Waals surface area contributed by atoms with Crippen molar-refractivity contribution >= 4 is 6.08 Å². The third kappa shape index (κ3) is 3.15. The summed E-state index contributed by atoms with van der Waals surface area (Å²) >= 11 is 0. The molecule has 0 bridgehead atoms. The molecule has 14 heavy (non-hydrogen) atoms. The third-order valence-electron chi connectivity index (χ3n) is 2.09. The first kappa shape index (κ1) is 10.7. The Kier molecular flexibility index (Phi) is 4.09. The van der Waals surface area contributed by atoms with Crippen LogP contribution in [0.2, 0.25) is 0 Å². The second kappa shape index (κ2) is 5.36. The third-order valence-corrected chi connectivity index (χ3v) is 2.09. The zero-order chi connectivity index (χ0) is 10.4. The molecule has 0 spiro atoms. The summed E-state index contributed by atoms with van der Waals surface area (Å²) in [6, 6.07) is 9.84. The van der Waals surface area contributed by atoms with Crippen molar-refractivity contribution < 1.29 is 4.79 Å². The number of rotatable bonds is 4. The van der Waals surface area contributed by atoms with E-state index in [0.29, 0.717) is 5.92 Å². The predicted octanol–water partition coefficient (Wildman–Crippen LogP) is 3.11. The largest absolute Gasteiger partial charge is 0.235 e. The Morgan fingerprint density at radius 2 is 1.93 bits per heavy atom. The van der Waals surface area contributed by atoms with Gasteiger partial charge in [0.15, 0.2) is 0 Å². The Morgan fingerprint density at radius 3 is 2.43 bits per heavy atom. The van der Waals surface area contributed by atoms with Crippen molar-refractivity contribution in [1.82, 2.24) is 0 Å². The van der Waals surface area contributed by atoms with Gasteiger partial charge < -0.3 is 0 Å². The van der Waals surface area contributed by atoms with Crippen LogP contribution in [0.25, 0.3) is 0 Å². The highest BCUT2D eigenvalue weighted by Gasteiger charge is 2.11. The highest BCUT2D eigenvalue weighted by atomic mass is 16.1. The lowest BCUT2D eigenvalue weighted by Gasteiger charge is -2.12. The van der Waals surface area contributed by atoms with Crippen LogP contribution in [0, 0.1) is 5.92 Å². The van der Waals surface area contributed by atoms with Crippen LogP contribution in [0.4, 0.5) is 0 Å². The van der Waals surface area contributed by atoms with E-state index in [4.69, 9.17) is 0 Å². The first-order chi connectivity index (χ1) is 6.74. The van der Waals surface area contributed by atoms with Crippen molar-refractivity contribution in [2.75, 3.05) is 0 Å². The summed E-state index contributed by atoms with van der Waals surface area (Å²) < 4.78 is 0. The maximum atomic E-state index is 10.3. The molecule has 0 amide bonds. The van der Waals surface area contributed by atoms with Crippen LogP contribution in [-0.2, 0) is 4.79 Å². The summed E-state index contributed by atoms with van der Waals surface area (Å²) in [5.41, 5.74) is 1.09. The first-order valence-corrected chi connectivity index (χ1v) is 4.86. The van der Waals surface area contributed by atoms with Crippen LogP contribution in [-0.4, -0.2) is 6.08 Å². The molecule has 1 rings (SSSR count). The number of aliphatic imine (C=N–C) groups is 1. The van der Waals surface area contributed by atoms with Crippen LogP contribution < -0.4 is 0 Å². The molecule has 0 aliphatic carbocycles.